The number of aryl methyl sites for hydroxylation is 2. The molecule has 0 radical (unpaired) electrons. The number of nitrogens with zero attached hydrogens (tertiary/aromatic N) is 2. The number of imidazole rings is 1. The van der Waals surface area contributed by atoms with Crippen molar-refractivity contribution in [1.82, 2.24) is 9.38 Å². The third-order valence-corrected chi connectivity index (χ3v) is 5.53. The van der Waals surface area contributed by atoms with Gasteiger partial charge in [0.2, 0.25) is 0 Å². The standard InChI is InChI=1S/C23H19F2N3OS/c1-14-9-10-28-13-19(26-21(28)11-14)16-8-7-15(2)18(12-16)27-22(29)17-5-3-4-6-20(17)30-23(24)25/h3-13,23H,1-2H3,(H,27,29). The summed E-state index contributed by atoms with van der Waals surface area (Å²) in [6, 6.07) is 16.1. The minimum absolute atomic E-state index is 0.218. The van der Waals surface area contributed by atoms with Crippen molar-refractivity contribution in [2.45, 2.75) is 24.5 Å². The second-order valence-corrected chi connectivity index (χ2v) is 7.99. The lowest BCUT2D eigenvalue weighted by Gasteiger charge is -2.12. The molecule has 0 saturated carbocycles. The van der Waals surface area contributed by atoms with Crippen molar-refractivity contribution in [1.29, 1.82) is 0 Å². The molecule has 0 spiro atoms. The number of rotatable bonds is 5. The van der Waals surface area contributed by atoms with Gasteiger partial charge in [0.15, 0.2) is 0 Å². The number of pyridine rings is 1. The smallest absolute Gasteiger partial charge is 0.288 e. The van der Waals surface area contributed by atoms with Crippen LogP contribution in [0.4, 0.5) is 14.5 Å². The van der Waals surface area contributed by atoms with E-state index in [0.717, 1.165) is 28.0 Å². The topological polar surface area (TPSA) is 46.4 Å². The second-order valence-electron chi connectivity index (χ2n) is 6.95. The Morgan fingerprint density at radius 3 is 2.70 bits per heavy atom. The molecule has 152 valence electrons. The summed E-state index contributed by atoms with van der Waals surface area (Å²) in [4.78, 5) is 17.7. The highest BCUT2D eigenvalue weighted by molar-refractivity contribution is 7.99. The third kappa shape index (κ3) is 4.21. The summed E-state index contributed by atoms with van der Waals surface area (Å²) < 4.78 is 27.6. The van der Waals surface area contributed by atoms with Crippen LogP contribution in [0.5, 0.6) is 0 Å². The van der Waals surface area contributed by atoms with Gasteiger partial charge < -0.3 is 9.72 Å². The van der Waals surface area contributed by atoms with Gasteiger partial charge in [-0.05, 0) is 55.3 Å². The molecule has 4 nitrogen and oxygen atoms in total. The molecule has 2 heterocycles. The van der Waals surface area contributed by atoms with Gasteiger partial charge in [0.1, 0.15) is 5.65 Å². The molecule has 4 rings (SSSR count). The molecule has 30 heavy (non-hydrogen) atoms. The van der Waals surface area contributed by atoms with Gasteiger partial charge in [0.25, 0.3) is 11.7 Å². The van der Waals surface area contributed by atoms with Gasteiger partial charge in [-0.15, -0.1) is 0 Å². The molecule has 2 aromatic carbocycles. The summed E-state index contributed by atoms with van der Waals surface area (Å²) in [7, 11) is 0. The van der Waals surface area contributed by atoms with Gasteiger partial charge >= 0.3 is 0 Å². The van der Waals surface area contributed by atoms with E-state index in [1.807, 2.05) is 61.0 Å². The third-order valence-electron chi connectivity index (χ3n) is 4.74. The van der Waals surface area contributed by atoms with Crippen LogP contribution in [0.25, 0.3) is 16.9 Å². The SMILES string of the molecule is Cc1ccn2cc(-c3ccc(C)c(NC(=O)c4ccccc4SC(F)F)c3)nc2c1. The van der Waals surface area contributed by atoms with Crippen molar-refractivity contribution in [3.63, 3.8) is 0 Å². The number of aromatic nitrogens is 2. The van der Waals surface area contributed by atoms with Crippen LogP contribution < -0.4 is 5.32 Å². The van der Waals surface area contributed by atoms with Crippen LogP contribution in [0, 0.1) is 13.8 Å². The zero-order chi connectivity index (χ0) is 21.3. The highest BCUT2D eigenvalue weighted by atomic mass is 32.2. The minimum atomic E-state index is -2.59. The van der Waals surface area contributed by atoms with Crippen molar-refractivity contribution < 1.29 is 13.6 Å². The van der Waals surface area contributed by atoms with Crippen LogP contribution >= 0.6 is 11.8 Å². The van der Waals surface area contributed by atoms with Crippen LogP contribution in [-0.2, 0) is 0 Å². The number of fused-ring (bicyclic) bond motifs is 1. The first-order valence-corrected chi connectivity index (χ1v) is 10.2. The average Bonchev–Trinajstić information content (AvgIpc) is 3.12. The van der Waals surface area contributed by atoms with E-state index in [1.165, 1.54) is 6.07 Å². The highest BCUT2D eigenvalue weighted by Gasteiger charge is 2.16. The minimum Gasteiger partial charge on any atom is -0.322 e. The number of hydrogen-bond donors (Lipinski definition) is 1. The number of nitrogens with one attached hydrogen (secondary N) is 1. The van der Waals surface area contributed by atoms with Crippen LogP contribution in [0.3, 0.4) is 0 Å². The molecule has 7 heteroatoms. The largest absolute Gasteiger partial charge is 0.322 e. The molecule has 0 aliphatic heterocycles. The van der Waals surface area contributed by atoms with E-state index in [2.05, 4.69) is 10.3 Å². The van der Waals surface area contributed by atoms with Crippen molar-refractivity contribution in [3.8, 4) is 11.3 Å². The maximum Gasteiger partial charge on any atom is 0.288 e. The number of carbonyl (C=O) groups is 1. The zero-order valence-corrected chi connectivity index (χ0v) is 17.2. The summed E-state index contributed by atoms with van der Waals surface area (Å²) >= 11 is 0.365. The molecular formula is C23H19F2N3OS. The van der Waals surface area contributed by atoms with Gasteiger partial charge in [-0.2, -0.15) is 8.78 Å². The Hall–Kier alpha value is -3.19. The van der Waals surface area contributed by atoms with E-state index < -0.39 is 11.7 Å². The Labute approximate surface area is 177 Å². The molecule has 0 atom stereocenters. The maximum atomic E-state index is 12.8. The Kier molecular flexibility index (Phi) is 5.55. The Morgan fingerprint density at radius 2 is 1.90 bits per heavy atom. The molecule has 1 N–H and O–H groups in total. The van der Waals surface area contributed by atoms with Crippen molar-refractivity contribution in [2.75, 3.05) is 5.32 Å². The van der Waals surface area contributed by atoms with Gasteiger partial charge in [-0.25, -0.2) is 4.98 Å². The summed E-state index contributed by atoms with van der Waals surface area (Å²) in [5, 5.41) is 2.86. The van der Waals surface area contributed by atoms with Gasteiger partial charge in [-0.3, -0.25) is 4.79 Å². The number of thioether (sulfide) groups is 1. The quantitative estimate of drug-likeness (QED) is 0.390. The number of anilines is 1. The van der Waals surface area contributed by atoms with E-state index in [9.17, 15) is 13.6 Å². The first-order valence-electron chi connectivity index (χ1n) is 9.32. The highest BCUT2D eigenvalue weighted by Crippen LogP contribution is 2.30. The summed E-state index contributed by atoms with van der Waals surface area (Å²) in [6.45, 7) is 3.89. The van der Waals surface area contributed by atoms with E-state index in [-0.39, 0.29) is 10.5 Å². The summed E-state index contributed by atoms with van der Waals surface area (Å²) in [5.41, 5.74) is 5.30. The molecule has 0 aliphatic rings. The molecule has 0 unspecified atom stereocenters. The molecule has 1 amide bonds. The maximum absolute atomic E-state index is 12.8. The first-order chi connectivity index (χ1) is 14.4. The van der Waals surface area contributed by atoms with Crippen LogP contribution in [-0.4, -0.2) is 21.0 Å². The zero-order valence-electron chi connectivity index (χ0n) is 16.4. The number of carbonyl (C=O) groups excluding carboxylic acids is 1. The molecule has 0 fully saturated rings. The second kappa shape index (κ2) is 8.28. The number of halogens is 2. The van der Waals surface area contributed by atoms with E-state index in [0.29, 0.717) is 17.4 Å². The Bertz CT molecular complexity index is 1240. The molecule has 4 aromatic rings. The average molecular weight is 423 g/mol. The molecule has 0 bridgehead atoms. The fourth-order valence-corrected chi connectivity index (χ4v) is 3.82. The lowest BCUT2D eigenvalue weighted by molar-refractivity contribution is 0.102. The molecule has 0 aliphatic carbocycles. The lowest BCUT2D eigenvalue weighted by atomic mass is 10.1. The number of alkyl halides is 2. The molecule has 2 aromatic heterocycles. The van der Waals surface area contributed by atoms with Crippen molar-refractivity contribution in [2.24, 2.45) is 0 Å². The van der Waals surface area contributed by atoms with Gasteiger partial charge in [0, 0.05) is 28.5 Å². The van der Waals surface area contributed by atoms with E-state index >= 15 is 0 Å². The summed E-state index contributed by atoms with van der Waals surface area (Å²) in [5.74, 6) is -3.02. The number of benzene rings is 2. The van der Waals surface area contributed by atoms with Crippen LogP contribution in [0.2, 0.25) is 0 Å². The van der Waals surface area contributed by atoms with Crippen molar-refractivity contribution >= 4 is 29.0 Å². The predicted molar refractivity (Wildman–Crippen MR) is 116 cm³/mol. The fourth-order valence-electron chi connectivity index (χ4n) is 3.18. The normalized spacial score (nSPS) is 11.2. The number of hydrogen-bond acceptors (Lipinski definition) is 3. The predicted octanol–water partition coefficient (Wildman–Crippen LogP) is 6.19. The molecule has 0 saturated heterocycles. The fraction of sp³-hybridized carbons (Fsp3) is 0.130. The lowest BCUT2D eigenvalue weighted by Crippen LogP contribution is -2.14. The van der Waals surface area contributed by atoms with Crippen LogP contribution in [0.15, 0.2) is 71.9 Å². The van der Waals surface area contributed by atoms with Crippen molar-refractivity contribution in [3.05, 3.63) is 83.7 Å². The monoisotopic (exact) mass is 423 g/mol. The number of amides is 1. The van der Waals surface area contributed by atoms with Gasteiger partial charge in [0.05, 0.1) is 11.3 Å². The molecular weight excluding hydrogens is 404 g/mol. The Balaban J connectivity index is 1.65. The summed E-state index contributed by atoms with van der Waals surface area (Å²) in [6.07, 6.45) is 3.88. The van der Waals surface area contributed by atoms with Gasteiger partial charge in [-0.1, -0.05) is 36.0 Å². The Morgan fingerprint density at radius 1 is 1.10 bits per heavy atom. The first kappa shape index (κ1) is 20.1. The van der Waals surface area contributed by atoms with Crippen LogP contribution in [0.1, 0.15) is 21.5 Å². The van der Waals surface area contributed by atoms with E-state index in [1.54, 1.807) is 18.2 Å². The van der Waals surface area contributed by atoms with E-state index in [4.69, 9.17) is 0 Å².